The molecule has 0 aliphatic carbocycles. The normalized spacial score (nSPS) is 15.1. The third-order valence-corrected chi connectivity index (χ3v) is 6.03. The lowest BCUT2D eigenvalue weighted by Gasteiger charge is -2.26. The Hall–Kier alpha value is -4.44. The first-order valence-electron chi connectivity index (χ1n) is 11.9. The van der Waals surface area contributed by atoms with E-state index in [1.807, 2.05) is 81.6 Å². The van der Waals surface area contributed by atoms with Crippen LogP contribution in [0.4, 0.5) is 0 Å². The summed E-state index contributed by atoms with van der Waals surface area (Å²) < 4.78 is 7.61. The van der Waals surface area contributed by atoms with Crippen molar-refractivity contribution in [2.45, 2.75) is 40.7 Å². The highest BCUT2D eigenvalue weighted by Gasteiger charge is 2.34. The fourth-order valence-corrected chi connectivity index (χ4v) is 4.23. The van der Waals surface area contributed by atoms with Crippen molar-refractivity contribution in [3.8, 4) is 28.8 Å². The van der Waals surface area contributed by atoms with E-state index in [9.17, 15) is 14.9 Å². The van der Waals surface area contributed by atoms with Gasteiger partial charge in [0.05, 0.1) is 11.8 Å². The molecule has 1 aliphatic heterocycles. The van der Waals surface area contributed by atoms with Crippen molar-refractivity contribution in [1.29, 1.82) is 5.26 Å². The van der Waals surface area contributed by atoms with Gasteiger partial charge in [-0.1, -0.05) is 18.2 Å². The van der Waals surface area contributed by atoms with Crippen LogP contribution in [0.1, 0.15) is 38.8 Å². The smallest absolute Gasteiger partial charge is 0.271 e. The number of aromatic nitrogens is 2. The number of imide groups is 1. The molecule has 2 amide bonds. The van der Waals surface area contributed by atoms with Crippen molar-refractivity contribution in [3.05, 3.63) is 82.6 Å². The lowest BCUT2D eigenvalue weighted by molar-refractivity contribution is -0.140. The number of carbonyl (C=O) groups excluding carboxylic acids is 2. The molecular weight excluding hydrogens is 452 g/mol. The zero-order valence-corrected chi connectivity index (χ0v) is 21.1. The molecule has 0 N–H and O–H groups in total. The van der Waals surface area contributed by atoms with Gasteiger partial charge >= 0.3 is 0 Å². The zero-order chi connectivity index (χ0) is 26.0. The molecule has 0 fully saturated rings. The summed E-state index contributed by atoms with van der Waals surface area (Å²) in [6.07, 6.45) is 3.64. The van der Waals surface area contributed by atoms with E-state index in [0.29, 0.717) is 22.4 Å². The minimum Gasteiger partial charge on any atom is -0.491 e. The quantitative estimate of drug-likeness (QED) is 0.355. The van der Waals surface area contributed by atoms with Crippen molar-refractivity contribution in [1.82, 2.24) is 14.7 Å². The third kappa shape index (κ3) is 4.58. The summed E-state index contributed by atoms with van der Waals surface area (Å²) in [6, 6.07) is 17.5. The highest BCUT2D eigenvalue weighted by atomic mass is 16.5. The monoisotopic (exact) mass is 480 g/mol. The maximum absolute atomic E-state index is 13.2. The summed E-state index contributed by atoms with van der Waals surface area (Å²) in [7, 11) is 0. The summed E-state index contributed by atoms with van der Waals surface area (Å²) in [4.78, 5) is 26.9. The van der Waals surface area contributed by atoms with Crippen LogP contribution in [0.2, 0.25) is 0 Å². The molecule has 0 bridgehead atoms. The summed E-state index contributed by atoms with van der Waals surface area (Å²) in [5.74, 6) is -0.211. The van der Waals surface area contributed by atoms with Gasteiger partial charge in [0.1, 0.15) is 23.1 Å². The third-order valence-electron chi connectivity index (χ3n) is 6.03. The van der Waals surface area contributed by atoms with Gasteiger partial charge in [-0.2, -0.15) is 10.4 Å². The summed E-state index contributed by atoms with van der Waals surface area (Å²) >= 11 is 0. The van der Waals surface area contributed by atoms with Crippen LogP contribution in [-0.2, 0) is 9.59 Å². The average Bonchev–Trinajstić information content (AvgIpc) is 3.26. The molecule has 7 nitrogen and oxygen atoms in total. The van der Waals surface area contributed by atoms with Crippen LogP contribution in [0.5, 0.6) is 5.75 Å². The van der Waals surface area contributed by atoms with Crippen molar-refractivity contribution < 1.29 is 14.3 Å². The number of likely N-dealkylation sites (N-methyl/N-ethyl adjacent to an activating group) is 1. The number of ether oxygens (including phenoxy) is 1. The van der Waals surface area contributed by atoms with Crippen LogP contribution in [0.25, 0.3) is 23.0 Å². The van der Waals surface area contributed by atoms with E-state index in [1.54, 1.807) is 24.6 Å². The second-order valence-corrected chi connectivity index (χ2v) is 8.88. The molecule has 2 aromatic carbocycles. The highest BCUT2D eigenvalue weighted by Crippen LogP contribution is 2.33. The van der Waals surface area contributed by atoms with Gasteiger partial charge in [-0.15, -0.1) is 0 Å². The molecule has 182 valence electrons. The van der Waals surface area contributed by atoms with Crippen molar-refractivity contribution in [2.75, 3.05) is 6.54 Å². The average molecular weight is 481 g/mol. The first kappa shape index (κ1) is 24.7. The number of amides is 2. The number of hydrogen-bond acceptors (Lipinski definition) is 5. The minimum absolute atomic E-state index is 0.0222. The van der Waals surface area contributed by atoms with Crippen molar-refractivity contribution in [2.24, 2.45) is 0 Å². The molecule has 0 atom stereocenters. The number of para-hydroxylation sites is 1. The number of nitriles is 1. The Morgan fingerprint density at radius 3 is 2.42 bits per heavy atom. The zero-order valence-electron chi connectivity index (χ0n) is 21.1. The van der Waals surface area contributed by atoms with Crippen molar-refractivity contribution >= 4 is 17.9 Å². The number of rotatable bonds is 6. The minimum atomic E-state index is -0.559. The van der Waals surface area contributed by atoms with Gasteiger partial charge < -0.3 is 4.74 Å². The summed E-state index contributed by atoms with van der Waals surface area (Å²) in [5, 5.41) is 14.5. The van der Waals surface area contributed by atoms with Crippen LogP contribution in [0, 0.1) is 18.3 Å². The van der Waals surface area contributed by atoms with Gasteiger partial charge in [-0.3, -0.25) is 14.5 Å². The Bertz CT molecular complexity index is 1440. The first-order chi connectivity index (χ1) is 17.2. The lowest BCUT2D eigenvalue weighted by Crippen LogP contribution is -2.42. The van der Waals surface area contributed by atoms with Crippen LogP contribution in [0.15, 0.2) is 71.4 Å². The molecule has 3 aromatic rings. The van der Waals surface area contributed by atoms with E-state index >= 15 is 0 Å². The number of hydrogen-bond donors (Lipinski definition) is 0. The number of aryl methyl sites for hydroxylation is 1. The van der Waals surface area contributed by atoms with E-state index in [-0.39, 0.29) is 18.2 Å². The van der Waals surface area contributed by atoms with Gasteiger partial charge in [-0.05, 0) is 82.2 Å². The predicted octanol–water partition coefficient (Wildman–Crippen LogP) is 5.25. The van der Waals surface area contributed by atoms with Crippen LogP contribution >= 0.6 is 0 Å². The predicted molar refractivity (Wildman–Crippen MR) is 138 cm³/mol. The molecule has 0 saturated carbocycles. The van der Waals surface area contributed by atoms with Gasteiger partial charge in [-0.25, -0.2) is 4.68 Å². The molecular formula is C29H28N4O3. The molecule has 1 aliphatic rings. The lowest BCUT2D eigenvalue weighted by atomic mass is 9.93. The number of nitrogens with zero attached hydrogens (tertiary/aromatic N) is 4. The number of carbonyl (C=O) groups is 2. The molecule has 1 aromatic heterocycles. The Labute approximate surface area is 210 Å². The van der Waals surface area contributed by atoms with Crippen LogP contribution in [-0.4, -0.2) is 39.1 Å². The Morgan fingerprint density at radius 1 is 1.08 bits per heavy atom. The number of benzene rings is 2. The van der Waals surface area contributed by atoms with E-state index < -0.39 is 11.8 Å². The van der Waals surface area contributed by atoms with E-state index in [2.05, 4.69) is 0 Å². The molecule has 0 unspecified atom stereocenters. The van der Waals surface area contributed by atoms with Crippen molar-refractivity contribution in [3.63, 3.8) is 0 Å². The first-order valence-corrected chi connectivity index (χ1v) is 11.9. The Kier molecular flexibility index (Phi) is 6.89. The van der Waals surface area contributed by atoms with Crippen LogP contribution < -0.4 is 4.74 Å². The van der Waals surface area contributed by atoms with Gasteiger partial charge in [0.2, 0.25) is 0 Å². The molecule has 0 saturated heterocycles. The standard InChI is InChI=1S/C29H28N4O3/c1-6-32-28(34)25(20(5)26(16-30)29(32)35)15-21-17-33(22-10-8-7-9-11-22)31-27(21)24-13-12-23(14-19(24)4)36-18(2)3/h7-15,17-18H,6H2,1-5H3/b25-15+. The van der Waals surface area contributed by atoms with E-state index in [0.717, 1.165) is 27.5 Å². The maximum atomic E-state index is 13.2. The van der Waals surface area contributed by atoms with Gasteiger partial charge in [0.15, 0.2) is 0 Å². The van der Waals surface area contributed by atoms with E-state index in [4.69, 9.17) is 9.84 Å². The van der Waals surface area contributed by atoms with E-state index in [1.165, 1.54) is 0 Å². The maximum Gasteiger partial charge on any atom is 0.271 e. The fourth-order valence-electron chi connectivity index (χ4n) is 4.23. The topological polar surface area (TPSA) is 88.2 Å². The van der Waals surface area contributed by atoms with Gasteiger partial charge in [0.25, 0.3) is 11.8 Å². The molecule has 36 heavy (non-hydrogen) atoms. The SMILES string of the molecule is CCN1C(=O)C(C#N)=C(C)/C(=C\c2cn(-c3ccccc3)nc2-c2ccc(OC(C)C)cc2C)C1=O. The Morgan fingerprint density at radius 2 is 1.81 bits per heavy atom. The molecule has 7 heteroatoms. The highest BCUT2D eigenvalue weighted by molar-refractivity contribution is 6.19. The molecule has 0 spiro atoms. The fraction of sp³-hybridized carbons (Fsp3) is 0.241. The molecule has 0 radical (unpaired) electrons. The Balaban J connectivity index is 1.92. The summed E-state index contributed by atoms with van der Waals surface area (Å²) in [6.45, 7) is 9.48. The van der Waals surface area contributed by atoms with Gasteiger partial charge in [0, 0.05) is 29.4 Å². The second kappa shape index (κ2) is 10.0. The largest absolute Gasteiger partial charge is 0.491 e. The second-order valence-electron chi connectivity index (χ2n) is 8.88. The molecule has 4 rings (SSSR count). The van der Waals surface area contributed by atoms with Crippen LogP contribution in [0.3, 0.4) is 0 Å². The summed E-state index contributed by atoms with van der Waals surface area (Å²) in [5.41, 5.74) is 4.76. The molecule has 2 heterocycles.